The van der Waals surface area contributed by atoms with Gasteiger partial charge in [-0.25, -0.2) is 0 Å². The van der Waals surface area contributed by atoms with Gasteiger partial charge in [-0.2, -0.15) is 0 Å². The zero-order valence-corrected chi connectivity index (χ0v) is 13.2. The van der Waals surface area contributed by atoms with Crippen molar-refractivity contribution in [2.75, 3.05) is 0 Å². The number of aliphatic hydroxyl groups is 1. The molecule has 18 heavy (non-hydrogen) atoms. The van der Waals surface area contributed by atoms with Crippen LogP contribution in [-0.2, 0) is 15.6 Å². The molecule has 0 amide bonds. The second-order valence-corrected chi connectivity index (χ2v) is 7.41. The van der Waals surface area contributed by atoms with Gasteiger partial charge >= 0.3 is 44.7 Å². The third-order valence-corrected chi connectivity index (χ3v) is 5.84. The van der Waals surface area contributed by atoms with Crippen molar-refractivity contribution in [2.45, 2.75) is 11.5 Å². The molecule has 98 valence electrons. The van der Waals surface area contributed by atoms with Crippen molar-refractivity contribution >= 4 is 15.2 Å². The summed E-state index contributed by atoms with van der Waals surface area (Å²) in [6, 6.07) is 2.75. The van der Waals surface area contributed by atoms with Gasteiger partial charge < -0.3 is 26.1 Å². The minimum absolute atomic E-state index is 0. The first-order chi connectivity index (χ1) is 7.58. The van der Waals surface area contributed by atoms with Gasteiger partial charge in [-0.05, 0) is 11.6 Å². The second-order valence-electron chi connectivity index (χ2n) is 3.40. The molecule has 1 rings (SSSR count). The van der Waals surface area contributed by atoms with Crippen LogP contribution in [0.2, 0.25) is 0 Å². The van der Waals surface area contributed by atoms with Crippen LogP contribution in [0.5, 0.6) is 0 Å². The van der Waals surface area contributed by atoms with E-state index in [1.54, 1.807) is 0 Å². The van der Waals surface area contributed by atoms with Gasteiger partial charge in [-0.15, -0.1) is 0 Å². The van der Waals surface area contributed by atoms with Crippen molar-refractivity contribution in [3.63, 3.8) is 0 Å². The minimum Gasteiger partial charge on any atom is -1.00 e. The average molecular weight is 307 g/mol. The van der Waals surface area contributed by atoms with Crippen LogP contribution in [0.1, 0.15) is 6.99 Å². The van der Waals surface area contributed by atoms with Crippen molar-refractivity contribution in [3.05, 3.63) is 30.1 Å². The SMILES string of the molecule is O=P(O)(O)C(O)(Cc1cccnc1)P(=O)(O)O.[H-].[Na+]. The number of rotatable bonds is 4. The molecule has 0 spiro atoms. The summed E-state index contributed by atoms with van der Waals surface area (Å²) in [7, 11) is -10.8. The molecule has 0 aliphatic carbocycles. The van der Waals surface area contributed by atoms with E-state index in [2.05, 4.69) is 4.98 Å². The van der Waals surface area contributed by atoms with Crippen molar-refractivity contribution in [3.8, 4) is 0 Å². The Morgan fingerprint density at radius 2 is 1.72 bits per heavy atom. The summed E-state index contributed by atoms with van der Waals surface area (Å²) in [5.41, 5.74) is 0.0988. The average Bonchev–Trinajstić information content (AvgIpc) is 2.15. The van der Waals surface area contributed by atoms with Crippen LogP contribution in [0.4, 0.5) is 0 Å². The van der Waals surface area contributed by atoms with E-state index < -0.39 is 26.7 Å². The van der Waals surface area contributed by atoms with E-state index in [1.807, 2.05) is 0 Å². The molecule has 0 bridgehead atoms. The summed E-state index contributed by atoms with van der Waals surface area (Å²) < 4.78 is 22.1. The van der Waals surface area contributed by atoms with Crippen molar-refractivity contribution in [2.24, 2.45) is 0 Å². The maximum atomic E-state index is 11.0. The standard InChI is InChI=1S/C7H11NO7P2.Na.H/c9-7(16(10,11)12,17(13,14)15)4-6-2-1-3-8-5-6;;/h1-3,5,9H,4H2,(H2,10,11,12)(H2,13,14,15);;/q;+1;-1. The Hall–Kier alpha value is 0.410. The molecule has 0 saturated heterocycles. The molecule has 0 fully saturated rings. The number of aromatic nitrogens is 1. The topological polar surface area (TPSA) is 148 Å². The number of hydrogen-bond acceptors (Lipinski definition) is 4. The van der Waals surface area contributed by atoms with Crippen molar-refractivity contribution < 1.29 is 64.8 Å². The van der Waals surface area contributed by atoms with Crippen LogP contribution < -0.4 is 29.6 Å². The molecule has 0 aliphatic heterocycles. The Morgan fingerprint density at radius 3 is 2.06 bits per heavy atom. The molecule has 0 unspecified atom stereocenters. The summed E-state index contributed by atoms with van der Waals surface area (Å²) >= 11 is 0. The Kier molecular flexibility index (Phi) is 6.38. The zero-order valence-electron chi connectivity index (χ0n) is 10.4. The first-order valence-electron chi connectivity index (χ1n) is 4.30. The predicted molar refractivity (Wildman–Crippen MR) is 58.1 cm³/mol. The number of nitrogens with zero attached hydrogens (tertiary/aromatic N) is 1. The fourth-order valence-electron chi connectivity index (χ4n) is 1.15. The predicted octanol–water partition coefficient (Wildman–Crippen LogP) is -3.26. The van der Waals surface area contributed by atoms with Crippen LogP contribution in [0, 0.1) is 0 Å². The fraction of sp³-hybridized carbons (Fsp3) is 0.286. The summed E-state index contributed by atoms with van der Waals surface area (Å²) in [4.78, 5) is 39.1. The molecule has 1 aromatic heterocycles. The third-order valence-electron chi connectivity index (χ3n) is 2.10. The monoisotopic (exact) mass is 307 g/mol. The van der Waals surface area contributed by atoms with Gasteiger partial charge in [0.15, 0.2) is 0 Å². The Morgan fingerprint density at radius 1 is 1.22 bits per heavy atom. The van der Waals surface area contributed by atoms with Gasteiger partial charge in [0, 0.05) is 18.8 Å². The van der Waals surface area contributed by atoms with E-state index in [4.69, 9.17) is 19.6 Å². The van der Waals surface area contributed by atoms with E-state index in [1.165, 1.54) is 18.3 Å². The van der Waals surface area contributed by atoms with Crippen molar-refractivity contribution in [1.82, 2.24) is 4.98 Å². The fourth-order valence-corrected chi connectivity index (χ4v) is 3.29. The van der Waals surface area contributed by atoms with Crippen LogP contribution in [0.25, 0.3) is 0 Å². The smallest absolute Gasteiger partial charge is 1.00 e. The van der Waals surface area contributed by atoms with Gasteiger partial charge in [0.1, 0.15) is 0 Å². The molecule has 1 aromatic rings. The van der Waals surface area contributed by atoms with Gasteiger partial charge in [-0.1, -0.05) is 6.07 Å². The molecule has 0 aliphatic rings. The van der Waals surface area contributed by atoms with E-state index in [0.29, 0.717) is 0 Å². The largest absolute Gasteiger partial charge is 1.00 e. The van der Waals surface area contributed by atoms with Crippen LogP contribution in [0.3, 0.4) is 0 Å². The Labute approximate surface area is 126 Å². The quantitative estimate of drug-likeness (QED) is 0.287. The molecule has 0 atom stereocenters. The van der Waals surface area contributed by atoms with Gasteiger partial charge in [0.25, 0.3) is 5.08 Å². The normalized spacial score (nSPS) is 12.9. The Bertz CT molecular complexity index is 467. The summed E-state index contributed by atoms with van der Waals surface area (Å²) in [5.74, 6) is 0. The summed E-state index contributed by atoms with van der Waals surface area (Å²) in [6.07, 6.45) is 1.63. The summed E-state index contributed by atoms with van der Waals surface area (Å²) in [5, 5.41) is 6.16. The van der Waals surface area contributed by atoms with Crippen LogP contribution in [0.15, 0.2) is 24.5 Å². The number of hydrogen-bond donors (Lipinski definition) is 5. The van der Waals surface area contributed by atoms with Crippen LogP contribution >= 0.6 is 15.2 Å². The first kappa shape index (κ1) is 18.4. The Balaban J connectivity index is 0. The van der Waals surface area contributed by atoms with Gasteiger partial charge in [-0.3, -0.25) is 14.1 Å². The first-order valence-corrected chi connectivity index (χ1v) is 7.53. The minimum atomic E-state index is -5.41. The molecule has 11 heteroatoms. The van der Waals surface area contributed by atoms with Crippen molar-refractivity contribution in [1.29, 1.82) is 0 Å². The maximum Gasteiger partial charge on any atom is 1.00 e. The molecular formula is C7H12NNaO7P2. The molecule has 5 N–H and O–H groups in total. The summed E-state index contributed by atoms with van der Waals surface area (Å²) in [6.45, 7) is 0. The molecule has 0 saturated carbocycles. The number of pyridine rings is 1. The van der Waals surface area contributed by atoms with E-state index in [9.17, 15) is 14.2 Å². The van der Waals surface area contributed by atoms with Crippen LogP contribution in [-0.4, -0.2) is 34.7 Å². The van der Waals surface area contributed by atoms with E-state index in [-0.39, 0.29) is 36.5 Å². The molecular weight excluding hydrogens is 295 g/mol. The molecule has 1 heterocycles. The zero-order chi connectivity index (χ0) is 13.3. The van der Waals surface area contributed by atoms with Gasteiger partial charge in [0.05, 0.1) is 0 Å². The third kappa shape index (κ3) is 3.95. The van der Waals surface area contributed by atoms with Gasteiger partial charge in [0.2, 0.25) is 0 Å². The second kappa shape index (κ2) is 6.24. The molecule has 8 nitrogen and oxygen atoms in total. The van der Waals surface area contributed by atoms with E-state index in [0.717, 1.165) is 6.20 Å². The molecule has 0 radical (unpaired) electrons. The molecule has 0 aromatic carbocycles. The van der Waals surface area contributed by atoms with E-state index >= 15 is 0 Å². The maximum absolute atomic E-state index is 11.0.